The molecule has 0 spiro atoms. The Bertz CT molecular complexity index is 227. The second-order valence-electron chi connectivity index (χ2n) is 2.10. The molecule has 1 aromatic rings. The molecule has 0 unspecified atom stereocenters. The standard InChI is InChI=1S/C7H11N3O/c8-6-2-1-3-7(10-6)9-4-5-11/h1-3,11H,4-5H2,(H3,8,9,10). The fraction of sp³-hybridized carbons (Fsp3) is 0.286. The van der Waals surface area contributed by atoms with Crippen LogP contribution in [0.2, 0.25) is 0 Å². The fourth-order valence-electron chi connectivity index (χ4n) is 0.734. The molecule has 4 heteroatoms. The number of hydrogen-bond acceptors (Lipinski definition) is 4. The Morgan fingerprint density at radius 3 is 3.00 bits per heavy atom. The van der Waals surface area contributed by atoms with Gasteiger partial charge in [0.15, 0.2) is 0 Å². The van der Waals surface area contributed by atoms with E-state index in [4.69, 9.17) is 10.8 Å². The highest BCUT2D eigenvalue weighted by molar-refractivity contribution is 5.41. The summed E-state index contributed by atoms with van der Waals surface area (Å²) in [5.74, 6) is 1.17. The van der Waals surface area contributed by atoms with Gasteiger partial charge in [-0.15, -0.1) is 0 Å². The Labute approximate surface area is 65.1 Å². The van der Waals surface area contributed by atoms with Crippen LogP contribution in [0.5, 0.6) is 0 Å². The second-order valence-corrected chi connectivity index (χ2v) is 2.10. The lowest BCUT2D eigenvalue weighted by Gasteiger charge is -2.02. The second kappa shape index (κ2) is 3.78. The first-order valence-corrected chi connectivity index (χ1v) is 3.40. The lowest BCUT2D eigenvalue weighted by atomic mass is 10.4. The Hall–Kier alpha value is -1.29. The topological polar surface area (TPSA) is 71.2 Å². The molecule has 0 atom stereocenters. The van der Waals surface area contributed by atoms with E-state index in [9.17, 15) is 0 Å². The lowest BCUT2D eigenvalue weighted by Crippen LogP contribution is -2.07. The van der Waals surface area contributed by atoms with Gasteiger partial charge in [0.1, 0.15) is 11.6 Å². The highest BCUT2D eigenvalue weighted by atomic mass is 16.3. The summed E-state index contributed by atoms with van der Waals surface area (Å²) in [7, 11) is 0. The zero-order chi connectivity index (χ0) is 8.10. The number of hydrogen-bond donors (Lipinski definition) is 3. The van der Waals surface area contributed by atoms with Crippen LogP contribution in [-0.4, -0.2) is 23.2 Å². The summed E-state index contributed by atoms with van der Waals surface area (Å²) in [5.41, 5.74) is 5.42. The summed E-state index contributed by atoms with van der Waals surface area (Å²) in [5, 5.41) is 11.4. The Kier molecular flexibility index (Phi) is 2.68. The van der Waals surface area contributed by atoms with Crippen LogP contribution in [0.4, 0.5) is 11.6 Å². The van der Waals surface area contributed by atoms with Gasteiger partial charge in [-0.05, 0) is 12.1 Å². The third kappa shape index (κ3) is 2.43. The Morgan fingerprint density at radius 2 is 2.36 bits per heavy atom. The van der Waals surface area contributed by atoms with Crippen molar-refractivity contribution in [2.75, 3.05) is 24.2 Å². The van der Waals surface area contributed by atoms with Crippen LogP contribution in [0, 0.1) is 0 Å². The number of nitrogens with one attached hydrogen (secondary N) is 1. The first kappa shape index (κ1) is 7.81. The molecule has 0 fully saturated rings. The number of nitrogens with zero attached hydrogens (tertiary/aromatic N) is 1. The van der Waals surface area contributed by atoms with E-state index in [1.165, 1.54) is 0 Å². The summed E-state index contributed by atoms with van der Waals surface area (Å²) in [6.07, 6.45) is 0. The van der Waals surface area contributed by atoms with E-state index in [1.807, 2.05) is 6.07 Å². The quantitative estimate of drug-likeness (QED) is 0.574. The smallest absolute Gasteiger partial charge is 0.128 e. The van der Waals surface area contributed by atoms with Gasteiger partial charge in [0.2, 0.25) is 0 Å². The number of anilines is 2. The van der Waals surface area contributed by atoms with Crippen LogP contribution < -0.4 is 11.1 Å². The van der Waals surface area contributed by atoms with E-state index in [0.29, 0.717) is 18.2 Å². The van der Waals surface area contributed by atoms with Crippen molar-refractivity contribution in [3.63, 3.8) is 0 Å². The molecule has 4 nitrogen and oxygen atoms in total. The monoisotopic (exact) mass is 153 g/mol. The molecule has 1 rings (SSSR count). The molecule has 0 aliphatic carbocycles. The van der Waals surface area contributed by atoms with Gasteiger partial charge in [-0.3, -0.25) is 0 Å². The molecule has 0 saturated carbocycles. The highest BCUT2D eigenvalue weighted by Crippen LogP contribution is 2.04. The minimum atomic E-state index is 0.0937. The maximum Gasteiger partial charge on any atom is 0.128 e. The van der Waals surface area contributed by atoms with Crippen LogP contribution in [0.15, 0.2) is 18.2 Å². The van der Waals surface area contributed by atoms with Crippen molar-refractivity contribution >= 4 is 11.6 Å². The molecule has 11 heavy (non-hydrogen) atoms. The first-order chi connectivity index (χ1) is 5.33. The van der Waals surface area contributed by atoms with Gasteiger partial charge in [-0.1, -0.05) is 6.07 Å². The number of nitrogens with two attached hydrogens (primary N) is 1. The van der Waals surface area contributed by atoms with Crippen molar-refractivity contribution in [2.24, 2.45) is 0 Å². The molecule has 60 valence electrons. The minimum absolute atomic E-state index is 0.0937. The molecule has 0 aliphatic heterocycles. The summed E-state index contributed by atoms with van der Waals surface area (Å²) in [4.78, 5) is 3.97. The summed E-state index contributed by atoms with van der Waals surface area (Å²) < 4.78 is 0. The van der Waals surface area contributed by atoms with E-state index in [-0.39, 0.29) is 6.61 Å². The lowest BCUT2D eigenvalue weighted by molar-refractivity contribution is 0.311. The van der Waals surface area contributed by atoms with Gasteiger partial charge in [0.25, 0.3) is 0 Å². The number of nitrogen functional groups attached to an aromatic ring is 1. The molecule has 0 amide bonds. The number of aromatic nitrogens is 1. The molecular formula is C7H11N3O. The van der Waals surface area contributed by atoms with Crippen LogP contribution in [0.1, 0.15) is 0 Å². The third-order valence-electron chi connectivity index (χ3n) is 1.19. The number of rotatable bonds is 3. The van der Waals surface area contributed by atoms with Gasteiger partial charge >= 0.3 is 0 Å². The molecule has 0 aromatic carbocycles. The van der Waals surface area contributed by atoms with Crippen molar-refractivity contribution in [3.05, 3.63) is 18.2 Å². The molecule has 1 heterocycles. The van der Waals surface area contributed by atoms with Crippen molar-refractivity contribution in [1.29, 1.82) is 0 Å². The Morgan fingerprint density at radius 1 is 1.55 bits per heavy atom. The van der Waals surface area contributed by atoms with Crippen molar-refractivity contribution in [3.8, 4) is 0 Å². The largest absolute Gasteiger partial charge is 0.395 e. The van der Waals surface area contributed by atoms with Gasteiger partial charge in [0.05, 0.1) is 6.61 Å². The molecule has 4 N–H and O–H groups in total. The van der Waals surface area contributed by atoms with Gasteiger partial charge < -0.3 is 16.2 Å². The van der Waals surface area contributed by atoms with Crippen molar-refractivity contribution in [2.45, 2.75) is 0 Å². The van der Waals surface area contributed by atoms with Gasteiger partial charge in [-0.2, -0.15) is 0 Å². The zero-order valence-corrected chi connectivity index (χ0v) is 6.12. The van der Waals surface area contributed by atoms with Crippen LogP contribution in [-0.2, 0) is 0 Å². The maximum absolute atomic E-state index is 8.48. The maximum atomic E-state index is 8.48. The van der Waals surface area contributed by atoms with E-state index in [1.54, 1.807) is 12.1 Å². The van der Waals surface area contributed by atoms with Crippen LogP contribution in [0.25, 0.3) is 0 Å². The Balaban J connectivity index is 2.56. The summed E-state index contributed by atoms with van der Waals surface area (Å²) in [6, 6.07) is 5.32. The normalized spacial score (nSPS) is 9.55. The molecule has 0 saturated heterocycles. The first-order valence-electron chi connectivity index (χ1n) is 3.40. The van der Waals surface area contributed by atoms with E-state index < -0.39 is 0 Å². The van der Waals surface area contributed by atoms with Gasteiger partial charge in [0, 0.05) is 6.54 Å². The number of aliphatic hydroxyl groups is 1. The number of pyridine rings is 1. The van der Waals surface area contributed by atoms with Crippen LogP contribution >= 0.6 is 0 Å². The molecule has 1 aromatic heterocycles. The minimum Gasteiger partial charge on any atom is -0.395 e. The average molecular weight is 153 g/mol. The van der Waals surface area contributed by atoms with Crippen molar-refractivity contribution in [1.82, 2.24) is 4.98 Å². The predicted octanol–water partition coefficient (Wildman–Crippen LogP) is 0.0680. The predicted molar refractivity (Wildman–Crippen MR) is 44.2 cm³/mol. The van der Waals surface area contributed by atoms with Crippen LogP contribution in [0.3, 0.4) is 0 Å². The van der Waals surface area contributed by atoms with Crippen molar-refractivity contribution < 1.29 is 5.11 Å². The summed E-state index contributed by atoms with van der Waals surface area (Å²) >= 11 is 0. The highest BCUT2D eigenvalue weighted by Gasteiger charge is 1.91. The summed E-state index contributed by atoms with van der Waals surface area (Å²) in [6.45, 7) is 0.590. The van der Waals surface area contributed by atoms with Gasteiger partial charge in [-0.25, -0.2) is 4.98 Å². The third-order valence-corrected chi connectivity index (χ3v) is 1.19. The number of aliphatic hydroxyl groups excluding tert-OH is 1. The van der Waals surface area contributed by atoms with E-state index in [0.717, 1.165) is 0 Å². The molecule has 0 radical (unpaired) electrons. The zero-order valence-electron chi connectivity index (χ0n) is 6.12. The molecular weight excluding hydrogens is 142 g/mol. The average Bonchev–Trinajstić information content (AvgIpc) is 2.01. The SMILES string of the molecule is Nc1cccc(NCCO)n1. The van der Waals surface area contributed by atoms with E-state index >= 15 is 0 Å². The van der Waals surface area contributed by atoms with E-state index in [2.05, 4.69) is 10.3 Å². The molecule has 0 aliphatic rings. The molecule has 0 bridgehead atoms. The fourth-order valence-corrected chi connectivity index (χ4v) is 0.734.